The normalized spacial score (nSPS) is 9.31. The van der Waals surface area contributed by atoms with Gasteiger partial charge < -0.3 is 24.4 Å². The lowest BCUT2D eigenvalue weighted by Crippen LogP contribution is -2.06. The van der Waals surface area contributed by atoms with Gasteiger partial charge in [-0.05, 0) is 12.1 Å². The molecule has 0 bridgehead atoms. The summed E-state index contributed by atoms with van der Waals surface area (Å²) in [7, 11) is 1.32. The van der Waals surface area contributed by atoms with Gasteiger partial charge in [-0.2, -0.15) is 0 Å². The Hall–Kier alpha value is -2.44. The van der Waals surface area contributed by atoms with E-state index in [0.29, 0.717) is 0 Å². The van der Waals surface area contributed by atoms with E-state index in [0.717, 1.165) is 6.07 Å². The van der Waals surface area contributed by atoms with Crippen LogP contribution in [-0.2, 0) is 0 Å². The summed E-state index contributed by atoms with van der Waals surface area (Å²) in [5, 5.41) is 16.8. The molecule has 0 spiro atoms. The molecule has 0 aliphatic heterocycles. The molecule has 0 aliphatic carbocycles. The van der Waals surface area contributed by atoms with Crippen LogP contribution >= 0.6 is 0 Å². The Bertz CT molecular complexity index is 412. The van der Waals surface area contributed by atoms with E-state index in [-0.39, 0.29) is 17.2 Å². The van der Waals surface area contributed by atoms with Crippen LogP contribution in [0.5, 0.6) is 17.2 Å². The fourth-order valence-electron chi connectivity index (χ4n) is 0.995. The maximum Gasteiger partial charge on any atom is 0.511 e. The van der Waals surface area contributed by atoms with Gasteiger partial charge in [-0.25, -0.2) is 9.59 Å². The molecule has 0 aliphatic rings. The summed E-state index contributed by atoms with van der Waals surface area (Å²) in [4.78, 5) is 20.6. The zero-order valence-corrected chi connectivity index (χ0v) is 8.17. The van der Waals surface area contributed by atoms with Crippen molar-refractivity contribution in [3.05, 3.63) is 18.2 Å². The molecule has 0 saturated heterocycles. The molecule has 86 valence electrons. The third-order valence-electron chi connectivity index (χ3n) is 1.54. The van der Waals surface area contributed by atoms with Gasteiger partial charge in [0.05, 0.1) is 7.11 Å². The lowest BCUT2D eigenvalue weighted by molar-refractivity contribution is 0.141. The minimum Gasteiger partial charge on any atom is -0.493 e. The molecule has 0 amide bonds. The maximum absolute atomic E-state index is 10.3. The third-order valence-corrected chi connectivity index (χ3v) is 1.54. The van der Waals surface area contributed by atoms with Crippen molar-refractivity contribution in [2.75, 3.05) is 7.11 Å². The summed E-state index contributed by atoms with van der Waals surface area (Å²) < 4.78 is 13.5. The average Bonchev–Trinajstić information content (AvgIpc) is 2.16. The average molecular weight is 228 g/mol. The van der Waals surface area contributed by atoms with E-state index in [1.165, 1.54) is 19.2 Å². The number of rotatable bonds is 3. The SMILES string of the molecule is COc1ccc(OC(=O)O)cc1OC(=O)O. The first-order chi connectivity index (χ1) is 7.52. The topological polar surface area (TPSA) is 102 Å². The molecule has 0 fully saturated rings. The molecule has 0 unspecified atom stereocenters. The number of carboxylic acid groups (broad SMARTS) is 2. The molecule has 16 heavy (non-hydrogen) atoms. The number of ether oxygens (including phenoxy) is 3. The van der Waals surface area contributed by atoms with E-state index in [9.17, 15) is 9.59 Å². The van der Waals surface area contributed by atoms with Crippen LogP contribution in [0.15, 0.2) is 18.2 Å². The highest BCUT2D eigenvalue weighted by Gasteiger charge is 2.11. The van der Waals surface area contributed by atoms with Crippen LogP contribution in [-0.4, -0.2) is 29.6 Å². The van der Waals surface area contributed by atoms with Gasteiger partial charge in [0.1, 0.15) is 5.75 Å². The van der Waals surface area contributed by atoms with Crippen molar-refractivity contribution in [3.8, 4) is 17.2 Å². The van der Waals surface area contributed by atoms with Crippen molar-refractivity contribution >= 4 is 12.3 Å². The number of benzene rings is 1. The van der Waals surface area contributed by atoms with Crippen molar-refractivity contribution in [1.29, 1.82) is 0 Å². The Morgan fingerprint density at radius 3 is 2.19 bits per heavy atom. The first-order valence-electron chi connectivity index (χ1n) is 4.02. The second-order valence-electron chi connectivity index (χ2n) is 2.55. The van der Waals surface area contributed by atoms with Crippen LogP contribution in [0.3, 0.4) is 0 Å². The smallest absolute Gasteiger partial charge is 0.493 e. The second kappa shape index (κ2) is 4.87. The van der Waals surface area contributed by atoms with Gasteiger partial charge >= 0.3 is 12.3 Å². The molecular weight excluding hydrogens is 220 g/mol. The van der Waals surface area contributed by atoms with Crippen LogP contribution in [0, 0.1) is 0 Å². The van der Waals surface area contributed by atoms with Crippen LogP contribution < -0.4 is 14.2 Å². The summed E-state index contributed by atoms with van der Waals surface area (Å²) in [6.45, 7) is 0. The van der Waals surface area contributed by atoms with Gasteiger partial charge in [0.15, 0.2) is 11.5 Å². The Morgan fingerprint density at radius 2 is 1.69 bits per heavy atom. The highest BCUT2D eigenvalue weighted by atomic mass is 16.7. The van der Waals surface area contributed by atoms with E-state index in [2.05, 4.69) is 9.47 Å². The minimum absolute atomic E-state index is 0.0652. The van der Waals surface area contributed by atoms with Crippen molar-refractivity contribution in [2.45, 2.75) is 0 Å². The van der Waals surface area contributed by atoms with Gasteiger partial charge in [0.2, 0.25) is 0 Å². The molecule has 1 rings (SSSR count). The zero-order valence-electron chi connectivity index (χ0n) is 8.17. The van der Waals surface area contributed by atoms with Crippen LogP contribution in [0.1, 0.15) is 0 Å². The van der Waals surface area contributed by atoms with Crippen molar-refractivity contribution < 1.29 is 34.0 Å². The van der Waals surface area contributed by atoms with Crippen LogP contribution in [0.25, 0.3) is 0 Å². The van der Waals surface area contributed by atoms with Gasteiger partial charge in [-0.15, -0.1) is 0 Å². The molecule has 1 aromatic carbocycles. The standard InChI is InChI=1S/C9H8O7/c1-14-6-3-2-5(15-8(10)11)4-7(6)16-9(12)13/h2-4H,1H3,(H,10,11)(H,12,13). The largest absolute Gasteiger partial charge is 0.511 e. The lowest BCUT2D eigenvalue weighted by atomic mass is 10.3. The highest BCUT2D eigenvalue weighted by molar-refractivity contribution is 5.65. The molecule has 0 radical (unpaired) electrons. The number of carbonyl (C=O) groups is 2. The van der Waals surface area contributed by atoms with E-state index in [4.69, 9.17) is 14.9 Å². The van der Waals surface area contributed by atoms with E-state index in [1.807, 2.05) is 0 Å². The zero-order chi connectivity index (χ0) is 12.1. The van der Waals surface area contributed by atoms with Gasteiger partial charge in [-0.3, -0.25) is 0 Å². The summed E-state index contributed by atoms with van der Waals surface area (Å²) in [6.07, 6.45) is -3.04. The molecule has 2 N–H and O–H groups in total. The van der Waals surface area contributed by atoms with Crippen LogP contribution in [0.2, 0.25) is 0 Å². The molecule has 0 heterocycles. The predicted molar refractivity (Wildman–Crippen MR) is 50.3 cm³/mol. The fraction of sp³-hybridized carbons (Fsp3) is 0.111. The Morgan fingerprint density at radius 1 is 1.06 bits per heavy atom. The van der Waals surface area contributed by atoms with Crippen LogP contribution in [0.4, 0.5) is 9.59 Å². The molecule has 1 aromatic rings. The minimum atomic E-state index is -1.54. The lowest BCUT2D eigenvalue weighted by Gasteiger charge is -2.08. The third kappa shape index (κ3) is 3.05. The number of hydrogen-bond acceptors (Lipinski definition) is 5. The first-order valence-corrected chi connectivity index (χ1v) is 4.02. The van der Waals surface area contributed by atoms with E-state index in [1.54, 1.807) is 0 Å². The van der Waals surface area contributed by atoms with Gasteiger partial charge in [0, 0.05) is 6.07 Å². The summed E-state index contributed by atoms with van der Waals surface area (Å²) in [5.41, 5.74) is 0. The quantitative estimate of drug-likeness (QED) is 0.600. The Balaban J connectivity index is 3.00. The van der Waals surface area contributed by atoms with E-state index < -0.39 is 12.3 Å². The van der Waals surface area contributed by atoms with Crippen molar-refractivity contribution in [1.82, 2.24) is 0 Å². The van der Waals surface area contributed by atoms with E-state index >= 15 is 0 Å². The molecule has 7 heteroatoms. The number of hydrogen-bond donors (Lipinski definition) is 2. The summed E-state index contributed by atoms with van der Waals surface area (Å²) >= 11 is 0. The molecule has 0 saturated carbocycles. The van der Waals surface area contributed by atoms with Crippen molar-refractivity contribution in [2.24, 2.45) is 0 Å². The second-order valence-corrected chi connectivity index (χ2v) is 2.55. The highest BCUT2D eigenvalue weighted by Crippen LogP contribution is 2.31. The molecular formula is C9H8O7. The van der Waals surface area contributed by atoms with Gasteiger partial charge in [-0.1, -0.05) is 0 Å². The monoisotopic (exact) mass is 228 g/mol. The summed E-state index contributed by atoms with van der Waals surface area (Å²) in [5.74, 6) is -0.0570. The Kier molecular flexibility index (Phi) is 3.54. The fourth-order valence-corrected chi connectivity index (χ4v) is 0.995. The predicted octanol–water partition coefficient (Wildman–Crippen LogP) is 1.81. The maximum atomic E-state index is 10.3. The molecule has 0 aromatic heterocycles. The first kappa shape index (κ1) is 11.6. The Labute approximate surface area is 89.8 Å². The van der Waals surface area contributed by atoms with Crippen molar-refractivity contribution in [3.63, 3.8) is 0 Å². The number of methoxy groups -OCH3 is 1. The molecule has 7 nitrogen and oxygen atoms in total. The van der Waals surface area contributed by atoms with Gasteiger partial charge in [0.25, 0.3) is 0 Å². The summed E-state index contributed by atoms with van der Waals surface area (Å²) in [6, 6.07) is 3.74. The molecule has 0 atom stereocenters.